The number of aromatic amines is 1. The molecule has 8 heteroatoms. The van der Waals surface area contributed by atoms with E-state index in [9.17, 15) is 14.7 Å². The van der Waals surface area contributed by atoms with Gasteiger partial charge in [0.05, 0.1) is 36.4 Å². The number of aliphatic hydroxyl groups is 1. The molecule has 172 valence electrons. The van der Waals surface area contributed by atoms with Crippen LogP contribution in [-0.2, 0) is 9.59 Å². The number of likely N-dealkylation sites (tertiary alicyclic amines) is 1. The molecule has 1 aliphatic heterocycles. The van der Waals surface area contributed by atoms with Gasteiger partial charge in [0.1, 0.15) is 17.3 Å². The number of carbonyl (C=O) groups is 2. The van der Waals surface area contributed by atoms with Gasteiger partial charge in [-0.05, 0) is 18.6 Å². The van der Waals surface area contributed by atoms with Crippen LogP contribution in [0.15, 0.2) is 48.2 Å². The second-order valence-corrected chi connectivity index (χ2v) is 8.23. The summed E-state index contributed by atoms with van der Waals surface area (Å²) in [5.74, 6) is -1.15. The number of nitrogens with one attached hydrogen (secondary N) is 1. The lowest BCUT2D eigenvalue weighted by Gasteiger charge is -2.25. The van der Waals surface area contributed by atoms with Gasteiger partial charge in [0.15, 0.2) is 0 Å². The van der Waals surface area contributed by atoms with Crippen LogP contribution in [0.1, 0.15) is 36.9 Å². The van der Waals surface area contributed by atoms with Crippen LogP contribution in [-0.4, -0.2) is 47.4 Å². The van der Waals surface area contributed by atoms with Gasteiger partial charge in [-0.1, -0.05) is 43.1 Å². The first kappa shape index (κ1) is 22.7. The molecule has 0 aliphatic carbocycles. The first-order chi connectivity index (χ1) is 15.9. The Balaban J connectivity index is 1.97. The first-order valence-electron chi connectivity index (χ1n) is 10.7. The summed E-state index contributed by atoms with van der Waals surface area (Å²) in [4.78, 5) is 31.1. The van der Waals surface area contributed by atoms with E-state index in [2.05, 4.69) is 4.98 Å². The maximum Gasteiger partial charge on any atom is 0.295 e. The molecule has 0 spiro atoms. The second-order valence-electron chi connectivity index (χ2n) is 7.82. The highest BCUT2D eigenvalue weighted by atomic mass is 35.5. The number of hydrogen-bond donors (Lipinski definition) is 2. The summed E-state index contributed by atoms with van der Waals surface area (Å²) in [6.45, 7) is 2.41. The lowest BCUT2D eigenvalue weighted by Crippen LogP contribution is -2.30. The van der Waals surface area contributed by atoms with Crippen molar-refractivity contribution >= 4 is 40.0 Å². The van der Waals surface area contributed by atoms with Crippen LogP contribution in [0.3, 0.4) is 0 Å². The molecule has 2 heterocycles. The predicted octanol–water partition coefficient (Wildman–Crippen LogP) is 5.06. The molecule has 1 unspecified atom stereocenters. The molecule has 7 nitrogen and oxygen atoms in total. The van der Waals surface area contributed by atoms with Crippen LogP contribution in [0.4, 0.5) is 0 Å². The van der Waals surface area contributed by atoms with E-state index < -0.39 is 17.7 Å². The summed E-state index contributed by atoms with van der Waals surface area (Å²) >= 11 is 6.22. The van der Waals surface area contributed by atoms with E-state index in [0.717, 1.165) is 29.3 Å². The quantitative estimate of drug-likeness (QED) is 0.287. The van der Waals surface area contributed by atoms with Crippen molar-refractivity contribution in [2.75, 3.05) is 20.8 Å². The summed E-state index contributed by atoms with van der Waals surface area (Å²) in [5.41, 5.74) is 1.84. The fourth-order valence-corrected chi connectivity index (χ4v) is 4.50. The summed E-state index contributed by atoms with van der Waals surface area (Å²) in [5, 5.41) is 12.6. The first-order valence-corrected chi connectivity index (χ1v) is 11.1. The summed E-state index contributed by atoms with van der Waals surface area (Å²) in [6.07, 6.45) is 3.36. The third-order valence-corrected chi connectivity index (χ3v) is 6.23. The molecule has 1 amide bonds. The Kier molecular flexibility index (Phi) is 6.33. The number of amides is 1. The number of carbonyl (C=O) groups excluding carboxylic acids is 2. The number of methoxy groups -OCH3 is 2. The van der Waals surface area contributed by atoms with Crippen molar-refractivity contribution in [2.24, 2.45) is 0 Å². The van der Waals surface area contributed by atoms with Crippen LogP contribution in [0.25, 0.3) is 16.7 Å². The minimum atomic E-state index is -0.751. The number of para-hydroxylation sites is 1. The molecule has 3 aromatic rings. The van der Waals surface area contributed by atoms with Gasteiger partial charge in [-0.15, -0.1) is 0 Å². The van der Waals surface area contributed by atoms with E-state index in [1.807, 2.05) is 31.2 Å². The number of benzene rings is 2. The van der Waals surface area contributed by atoms with Gasteiger partial charge in [0.25, 0.3) is 11.7 Å². The lowest BCUT2D eigenvalue weighted by molar-refractivity contribution is -0.139. The molecule has 2 N–H and O–H groups in total. The number of ketones is 1. The molecular weight excluding hydrogens is 444 g/mol. The van der Waals surface area contributed by atoms with E-state index in [0.29, 0.717) is 17.3 Å². The van der Waals surface area contributed by atoms with Gasteiger partial charge in [-0.2, -0.15) is 0 Å². The predicted molar refractivity (Wildman–Crippen MR) is 127 cm³/mol. The van der Waals surface area contributed by atoms with E-state index in [-0.39, 0.29) is 22.6 Å². The maximum absolute atomic E-state index is 13.2. The standard InChI is InChI=1S/C25H25ClN2O5/c1-4-5-10-28-22(16-13-27-18-9-7-6-8-14(16)18)21(24(30)25(28)31)23(29)15-11-20(33-3)17(26)12-19(15)32-2/h6-9,11-13,22,27,29H,4-5,10H2,1-3H3/b23-21+. The molecule has 2 aromatic carbocycles. The minimum absolute atomic E-state index is 0.00327. The Morgan fingerprint density at radius 1 is 1.15 bits per heavy atom. The Morgan fingerprint density at radius 3 is 2.58 bits per heavy atom. The number of fused-ring (bicyclic) bond motifs is 1. The normalized spacial score (nSPS) is 17.7. The van der Waals surface area contributed by atoms with Crippen LogP contribution >= 0.6 is 11.6 Å². The van der Waals surface area contributed by atoms with E-state index in [1.54, 1.807) is 6.20 Å². The van der Waals surface area contributed by atoms with Gasteiger partial charge >= 0.3 is 0 Å². The number of aromatic nitrogens is 1. The van der Waals surface area contributed by atoms with Crippen LogP contribution in [0.5, 0.6) is 11.5 Å². The highest BCUT2D eigenvalue weighted by Gasteiger charge is 2.46. The fraction of sp³-hybridized carbons (Fsp3) is 0.280. The van der Waals surface area contributed by atoms with Crippen molar-refractivity contribution in [2.45, 2.75) is 25.8 Å². The number of Topliss-reactive ketones (excluding diaryl/α,β-unsaturated/α-hetero) is 1. The lowest BCUT2D eigenvalue weighted by atomic mass is 9.94. The molecule has 33 heavy (non-hydrogen) atoms. The highest BCUT2D eigenvalue weighted by molar-refractivity contribution is 6.46. The van der Waals surface area contributed by atoms with E-state index >= 15 is 0 Å². The van der Waals surface area contributed by atoms with Gasteiger partial charge in [-0.25, -0.2) is 0 Å². The van der Waals surface area contributed by atoms with Crippen LogP contribution < -0.4 is 9.47 Å². The Hall–Kier alpha value is -3.45. The third-order valence-electron chi connectivity index (χ3n) is 5.94. The van der Waals surface area contributed by atoms with E-state index in [1.165, 1.54) is 31.3 Å². The summed E-state index contributed by atoms with van der Waals surface area (Å²) < 4.78 is 10.7. The number of aliphatic hydroxyl groups excluding tert-OH is 1. The molecule has 1 fully saturated rings. The molecular formula is C25H25ClN2O5. The molecule has 0 bridgehead atoms. The molecule has 0 radical (unpaired) electrons. The Labute approximate surface area is 196 Å². The molecule has 4 rings (SSSR count). The average molecular weight is 469 g/mol. The molecule has 1 saturated heterocycles. The van der Waals surface area contributed by atoms with Gasteiger partial charge in [0.2, 0.25) is 0 Å². The monoisotopic (exact) mass is 468 g/mol. The number of rotatable bonds is 7. The topological polar surface area (TPSA) is 91.9 Å². The number of hydrogen-bond acceptors (Lipinski definition) is 5. The summed E-state index contributed by atoms with van der Waals surface area (Å²) in [6, 6.07) is 9.90. The maximum atomic E-state index is 13.2. The van der Waals surface area contributed by atoms with Crippen molar-refractivity contribution in [1.29, 1.82) is 0 Å². The SMILES string of the molecule is CCCCN1C(=O)C(=O)/C(=C(/O)c2cc(OC)c(Cl)cc2OC)C1c1c[nH]c2ccccc12. The number of halogens is 1. The molecule has 0 saturated carbocycles. The zero-order valence-electron chi connectivity index (χ0n) is 18.6. The molecule has 1 atom stereocenters. The number of unbranched alkanes of at least 4 members (excludes halogenated alkanes) is 1. The smallest absolute Gasteiger partial charge is 0.295 e. The van der Waals surface area contributed by atoms with Crippen molar-refractivity contribution < 1.29 is 24.2 Å². The zero-order valence-corrected chi connectivity index (χ0v) is 19.4. The minimum Gasteiger partial charge on any atom is -0.507 e. The van der Waals surface area contributed by atoms with Crippen LogP contribution in [0.2, 0.25) is 5.02 Å². The van der Waals surface area contributed by atoms with Crippen molar-refractivity contribution in [3.05, 3.63) is 64.3 Å². The Morgan fingerprint density at radius 2 is 1.88 bits per heavy atom. The molecule has 1 aromatic heterocycles. The van der Waals surface area contributed by atoms with Crippen LogP contribution in [0, 0.1) is 0 Å². The molecule has 1 aliphatic rings. The highest BCUT2D eigenvalue weighted by Crippen LogP contribution is 2.44. The second kappa shape index (κ2) is 9.19. The fourth-order valence-electron chi connectivity index (χ4n) is 4.27. The Bertz CT molecular complexity index is 1260. The van der Waals surface area contributed by atoms with Gasteiger partial charge < -0.3 is 24.5 Å². The van der Waals surface area contributed by atoms with Crippen molar-refractivity contribution in [1.82, 2.24) is 9.88 Å². The average Bonchev–Trinajstić information content (AvgIpc) is 3.35. The zero-order chi connectivity index (χ0) is 23.7. The largest absolute Gasteiger partial charge is 0.507 e. The number of ether oxygens (including phenoxy) is 2. The summed E-state index contributed by atoms with van der Waals surface area (Å²) in [7, 11) is 2.89. The number of H-pyrrole nitrogens is 1. The van der Waals surface area contributed by atoms with Crippen molar-refractivity contribution in [3.63, 3.8) is 0 Å². The number of nitrogens with zero attached hydrogens (tertiary/aromatic N) is 1. The van der Waals surface area contributed by atoms with Crippen molar-refractivity contribution in [3.8, 4) is 11.5 Å². The third kappa shape index (κ3) is 3.82. The van der Waals surface area contributed by atoms with Gasteiger partial charge in [0, 0.05) is 35.3 Å². The van der Waals surface area contributed by atoms with Gasteiger partial charge in [-0.3, -0.25) is 9.59 Å². The van der Waals surface area contributed by atoms with E-state index in [4.69, 9.17) is 21.1 Å².